The average Bonchev–Trinajstić information content (AvgIpc) is 2.34. The largest absolute Gasteiger partial charge is 0.481 e. The van der Waals surface area contributed by atoms with Gasteiger partial charge in [0.15, 0.2) is 0 Å². The molecule has 0 aliphatic rings. The summed E-state index contributed by atoms with van der Waals surface area (Å²) in [4.78, 5) is 24.0. The highest BCUT2D eigenvalue weighted by Crippen LogP contribution is 2.25. The molecule has 0 heterocycles. The molecule has 0 spiro atoms. The van der Waals surface area contributed by atoms with Gasteiger partial charge in [-0.3, -0.25) is 4.79 Å². The molecule has 2 amide bonds. The number of carboxylic acids is 1. The number of carbonyl (C=O) groups is 2. The molecule has 1 rings (SSSR count). The van der Waals surface area contributed by atoms with Crippen LogP contribution in [0.25, 0.3) is 0 Å². The standard InChI is InChI=1S/C13H17ClN2O3/c1-3-16(8-7-11(17)18)13(19)15-12-9(2)5-4-6-10(12)14/h4-6H,3,7-8H2,1-2H3,(H,15,19)(H,17,18). The average molecular weight is 285 g/mol. The van der Waals surface area contributed by atoms with E-state index in [9.17, 15) is 9.59 Å². The molecule has 0 fully saturated rings. The van der Waals surface area contributed by atoms with Crippen LogP contribution in [0.5, 0.6) is 0 Å². The fourth-order valence-corrected chi connectivity index (χ4v) is 1.88. The number of carbonyl (C=O) groups excluding carboxylic acids is 1. The van der Waals surface area contributed by atoms with E-state index in [2.05, 4.69) is 5.32 Å². The van der Waals surface area contributed by atoms with Gasteiger partial charge in [0.25, 0.3) is 0 Å². The first-order chi connectivity index (χ1) is 8.95. The predicted molar refractivity (Wildman–Crippen MR) is 74.7 cm³/mol. The Labute approximate surface area is 117 Å². The normalized spacial score (nSPS) is 10.1. The number of anilines is 1. The van der Waals surface area contributed by atoms with Crippen molar-refractivity contribution in [2.75, 3.05) is 18.4 Å². The first-order valence-corrected chi connectivity index (χ1v) is 6.36. The van der Waals surface area contributed by atoms with Gasteiger partial charge in [0.05, 0.1) is 17.1 Å². The minimum atomic E-state index is -0.930. The summed E-state index contributed by atoms with van der Waals surface area (Å²) in [6.45, 7) is 4.24. The number of hydrogen-bond donors (Lipinski definition) is 2. The van der Waals surface area contributed by atoms with E-state index in [4.69, 9.17) is 16.7 Å². The van der Waals surface area contributed by atoms with Crippen LogP contribution in [-0.2, 0) is 4.79 Å². The van der Waals surface area contributed by atoms with Crippen LogP contribution in [0.15, 0.2) is 18.2 Å². The second kappa shape index (κ2) is 6.99. The maximum absolute atomic E-state index is 12.0. The summed E-state index contributed by atoms with van der Waals surface area (Å²) in [7, 11) is 0. The number of carboxylic acid groups (broad SMARTS) is 1. The molecule has 0 saturated heterocycles. The molecule has 19 heavy (non-hydrogen) atoms. The summed E-state index contributed by atoms with van der Waals surface area (Å²) in [5.74, 6) is -0.930. The maximum atomic E-state index is 12.0. The zero-order chi connectivity index (χ0) is 14.4. The molecule has 0 atom stereocenters. The van der Waals surface area contributed by atoms with E-state index >= 15 is 0 Å². The second-order valence-electron chi connectivity index (χ2n) is 4.09. The Kier molecular flexibility index (Phi) is 5.63. The van der Waals surface area contributed by atoms with Crippen molar-refractivity contribution in [2.45, 2.75) is 20.3 Å². The van der Waals surface area contributed by atoms with Crippen LogP contribution >= 0.6 is 11.6 Å². The number of nitrogens with zero attached hydrogens (tertiary/aromatic N) is 1. The topological polar surface area (TPSA) is 69.6 Å². The van der Waals surface area contributed by atoms with Gasteiger partial charge in [0.1, 0.15) is 0 Å². The fraction of sp³-hybridized carbons (Fsp3) is 0.385. The van der Waals surface area contributed by atoms with E-state index in [1.165, 1.54) is 4.90 Å². The number of aliphatic carboxylic acids is 1. The Hall–Kier alpha value is -1.75. The molecule has 0 saturated carbocycles. The fourth-order valence-electron chi connectivity index (χ4n) is 1.61. The smallest absolute Gasteiger partial charge is 0.321 e. The molecule has 0 aromatic heterocycles. The van der Waals surface area contributed by atoms with E-state index in [1.807, 2.05) is 13.0 Å². The summed E-state index contributed by atoms with van der Waals surface area (Å²) in [6.07, 6.45) is -0.0806. The number of aryl methyl sites for hydroxylation is 1. The summed E-state index contributed by atoms with van der Waals surface area (Å²) in [6, 6.07) is 4.99. The van der Waals surface area contributed by atoms with E-state index < -0.39 is 5.97 Å². The molecule has 5 nitrogen and oxygen atoms in total. The van der Waals surface area contributed by atoms with Crippen molar-refractivity contribution in [1.29, 1.82) is 0 Å². The van der Waals surface area contributed by atoms with Gasteiger partial charge in [-0.15, -0.1) is 0 Å². The zero-order valence-corrected chi connectivity index (χ0v) is 11.7. The highest BCUT2D eigenvalue weighted by atomic mass is 35.5. The minimum Gasteiger partial charge on any atom is -0.481 e. The lowest BCUT2D eigenvalue weighted by Gasteiger charge is -2.21. The lowest BCUT2D eigenvalue weighted by atomic mass is 10.2. The van der Waals surface area contributed by atoms with Gasteiger partial charge < -0.3 is 15.3 Å². The highest BCUT2D eigenvalue weighted by Gasteiger charge is 2.15. The van der Waals surface area contributed by atoms with Crippen molar-refractivity contribution in [3.63, 3.8) is 0 Å². The maximum Gasteiger partial charge on any atom is 0.321 e. The van der Waals surface area contributed by atoms with Crippen molar-refractivity contribution in [3.8, 4) is 0 Å². The number of rotatable bonds is 5. The minimum absolute atomic E-state index is 0.0806. The summed E-state index contributed by atoms with van der Waals surface area (Å²) in [5.41, 5.74) is 1.41. The lowest BCUT2D eigenvalue weighted by Crippen LogP contribution is -2.36. The van der Waals surface area contributed by atoms with Crippen LogP contribution in [0.1, 0.15) is 18.9 Å². The van der Waals surface area contributed by atoms with E-state index in [-0.39, 0.29) is 19.0 Å². The van der Waals surface area contributed by atoms with Crippen LogP contribution in [0.4, 0.5) is 10.5 Å². The van der Waals surface area contributed by atoms with E-state index in [1.54, 1.807) is 19.1 Å². The van der Waals surface area contributed by atoms with Gasteiger partial charge in [0, 0.05) is 13.1 Å². The molecule has 0 aliphatic heterocycles. The Morgan fingerprint density at radius 1 is 1.42 bits per heavy atom. The first kappa shape index (κ1) is 15.3. The highest BCUT2D eigenvalue weighted by molar-refractivity contribution is 6.33. The molecular weight excluding hydrogens is 268 g/mol. The van der Waals surface area contributed by atoms with Crippen molar-refractivity contribution in [1.82, 2.24) is 4.90 Å². The number of hydrogen-bond acceptors (Lipinski definition) is 2. The third-order valence-corrected chi connectivity index (χ3v) is 3.03. The SMILES string of the molecule is CCN(CCC(=O)O)C(=O)Nc1c(C)cccc1Cl. The van der Waals surface area contributed by atoms with Crippen LogP contribution in [0.2, 0.25) is 5.02 Å². The van der Waals surface area contributed by atoms with Crippen LogP contribution in [0, 0.1) is 6.92 Å². The van der Waals surface area contributed by atoms with Gasteiger partial charge in [0.2, 0.25) is 0 Å². The van der Waals surface area contributed by atoms with Crippen LogP contribution in [0.3, 0.4) is 0 Å². The van der Waals surface area contributed by atoms with Gasteiger partial charge >= 0.3 is 12.0 Å². The predicted octanol–water partition coefficient (Wildman–Crippen LogP) is 2.98. The Morgan fingerprint density at radius 3 is 2.63 bits per heavy atom. The number of amides is 2. The molecule has 0 unspecified atom stereocenters. The Balaban J connectivity index is 2.74. The number of para-hydroxylation sites is 1. The third-order valence-electron chi connectivity index (χ3n) is 2.72. The zero-order valence-electron chi connectivity index (χ0n) is 10.9. The number of halogens is 1. The quantitative estimate of drug-likeness (QED) is 0.873. The summed E-state index contributed by atoms with van der Waals surface area (Å²) < 4.78 is 0. The summed E-state index contributed by atoms with van der Waals surface area (Å²) >= 11 is 6.02. The van der Waals surface area contributed by atoms with Crippen molar-refractivity contribution in [2.24, 2.45) is 0 Å². The van der Waals surface area contributed by atoms with Crippen molar-refractivity contribution >= 4 is 29.3 Å². The molecule has 6 heteroatoms. The number of urea groups is 1. The van der Waals surface area contributed by atoms with Gasteiger partial charge in [-0.1, -0.05) is 23.7 Å². The van der Waals surface area contributed by atoms with Crippen molar-refractivity contribution in [3.05, 3.63) is 28.8 Å². The number of benzene rings is 1. The Morgan fingerprint density at radius 2 is 2.11 bits per heavy atom. The molecular formula is C13H17ClN2O3. The van der Waals surface area contributed by atoms with Gasteiger partial charge in [-0.25, -0.2) is 4.79 Å². The molecule has 0 bridgehead atoms. The molecule has 0 radical (unpaired) electrons. The van der Waals surface area contributed by atoms with Crippen LogP contribution in [-0.4, -0.2) is 35.1 Å². The Bertz CT molecular complexity index is 457. The van der Waals surface area contributed by atoms with Crippen molar-refractivity contribution < 1.29 is 14.7 Å². The monoisotopic (exact) mass is 284 g/mol. The first-order valence-electron chi connectivity index (χ1n) is 5.98. The number of nitrogens with one attached hydrogen (secondary N) is 1. The second-order valence-corrected chi connectivity index (χ2v) is 4.49. The summed E-state index contributed by atoms with van der Waals surface area (Å²) in [5, 5.41) is 11.8. The van der Waals surface area contributed by atoms with E-state index in [0.717, 1.165) is 5.56 Å². The third kappa shape index (κ3) is 4.44. The van der Waals surface area contributed by atoms with Gasteiger partial charge in [-0.2, -0.15) is 0 Å². The van der Waals surface area contributed by atoms with Crippen LogP contribution < -0.4 is 5.32 Å². The molecule has 2 N–H and O–H groups in total. The lowest BCUT2D eigenvalue weighted by molar-refractivity contribution is -0.137. The van der Waals surface area contributed by atoms with E-state index in [0.29, 0.717) is 17.3 Å². The molecule has 0 aliphatic carbocycles. The van der Waals surface area contributed by atoms with Gasteiger partial charge in [-0.05, 0) is 25.5 Å². The molecule has 1 aromatic rings. The molecule has 104 valence electrons. The molecule has 1 aromatic carbocycles.